The number of aromatic amines is 1. The number of fused-ring (bicyclic) bond motifs is 1. The van der Waals surface area contributed by atoms with Crippen molar-refractivity contribution in [1.82, 2.24) is 24.7 Å². The minimum Gasteiger partial charge on any atom is -0.364 e. The number of hydrogen-bond donors (Lipinski definition) is 3. The molecule has 1 aromatic carbocycles. The number of rotatable bonds is 5. The number of anilines is 1. The second-order valence-electron chi connectivity index (χ2n) is 7.49. The molecule has 0 spiro atoms. The molecule has 164 valence electrons. The Morgan fingerprint density at radius 3 is 2.61 bits per heavy atom. The first-order valence-corrected chi connectivity index (χ1v) is 10.9. The van der Waals surface area contributed by atoms with Crippen molar-refractivity contribution >= 4 is 39.3 Å². The molecular formula is C23H19N7O2S. The number of benzene rings is 1. The Labute approximate surface area is 192 Å². The van der Waals surface area contributed by atoms with Crippen LogP contribution in [0.4, 0.5) is 5.13 Å². The lowest BCUT2D eigenvalue weighted by Crippen LogP contribution is -2.13. The molecule has 0 aliphatic carbocycles. The Hall–Kier alpha value is -4.31. The van der Waals surface area contributed by atoms with Gasteiger partial charge in [0.15, 0.2) is 10.8 Å². The SMILES string of the molecule is Cc1nn(C)c2nc(-c3ccccc3)cc(C(=O)Nc3nc(-c4c[nH]c(C(N)=O)c4)cs3)c12. The third-order valence-corrected chi connectivity index (χ3v) is 6.01. The summed E-state index contributed by atoms with van der Waals surface area (Å²) < 4.78 is 1.68. The van der Waals surface area contributed by atoms with Crippen molar-refractivity contribution in [3.63, 3.8) is 0 Å². The third-order valence-electron chi connectivity index (χ3n) is 5.25. The summed E-state index contributed by atoms with van der Waals surface area (Å²) in [6, 6.07) is 13.1. The number of aromatic nitrogens is 5. The topological polar surface area (TPSA) is 132 Å². The van der Waals surface area contributed by atoms with Gasteiger partial charge in [0, 0.05) is 29.8 Å². The molecule has 33 heavy (non-hydrogen) atoms. The normalized spacial score (nSPS) is 11.1. The maximum Gasteiger partial charge on any atom is 0.265 e. The van der Waals surface area contributed by atoms with Crippen molar-refractivity contribution in [2.45, 2.75) is 6.92 Å². The van der Waals surface area contributed by atoms with Crippen molar-refractivity contribution in [3.8, 4) is 22.5 Å². The number of hydrogen-bond acceptors (Lipinski definition) is 6. The van der Waals surface area contributed by atoms with Gasteiger partial charge >= 0.3 is 0 Å². The molecule has 5 rings (SSSR count). The molecule has 0 aliphatic rings. The summed E-state index contributed by atoms with van der Waals surface area (Å²) in [5.41, 5.74) is 10.3. The molecule has 0 bridgehead atoms. The van der Waals surface area contributed by atoms with E-state index in [2.05, 4.69) is 20.4 Å². The zero-order valence-corrected chi connectivity index (χ0v) is 18.6. The molecule has 4 N–H and O–H groups in total. The molecule has 10 heteroatoms. The number of H-pyrrole nitrogens is 1. The number of amides is 2. The van der Waals surface area contributed by atoms with E-state index in [1.807, 2.05) is 44.3 Å². The lowest BCUT2D eigenvalue weighted by Gasteiger charge is -2.08. The zero-order valence-electron chi connectivity index (χ0n) is 17.8. The van der Waals surface area contributed by atoms with Crippen molar-refractivity contribution in [2.75, 3.05) is 5.32 Å². The second-order valence-corrected chi connectivity index (χ2v) is 8.35. The molecule has 5 aromatic rings. The minimum atomic E-state index is -0.548. The highest BCUT2D eigenvalue weighted by molar-refractivity contribution is 7.14. The molecule has 0 radical (unpaired) electrons. The Bertz CT molecular complexity index is 1510. The molecule has 9 nitrogen and oxygen atoms in total. The van der Waals surface area contributed by atoms with Gasteiger partial charge < -0.3 is 10.7 Å². The number of carbonyl (C=O) groups is 2. The highest BCUT2D eigenvalue weighted by atomic mass is 32.1. The van der Waals surface area contributed by atoms with Crippen molar-refractivity contribution in [1.29, 1.82) is 0 Å². The largest absolute Gasteiger partial charge is 0.364 e. The molecule has 4 heterocycles. The van der Waals surface area contributed by atoms with E-state index in [1.54, 1.807) is 28.4 Å². The maximum absolute atomic E-state index is 13.3. The molecule has 0 fully saturated rings. The quantitative estimate of drug-likeness (QED) is 0.370. The van der Waals surface area contributed by atoms with Crippen LogP contribution < -0.4 is 11.1 Å². The number of primary amides is 1. The summed E-state index contributed by atoms with van der Waals surface area (Å²) in [4.78, 5) is 36.7. The number of nitrogens with zero attached hydrogens (tertiary/aromatic N) is 4. The van der Waals surface area contributed by atoms with Gasteiger partial charge in [-0.1, -0.05) is 30.3 Å². The van der Waals surface area contributed by atoms with Crippen LogP contribution in [0.1, 0.15) is 26.5 Å². The molecule has 0 atom stereocenters. The first-order valence-electron chi connectivity index (χ1n) is 10.1. The number of thiazole rings is 1. The van der Waals surface area contributed by atoms with E-state index < -0.39 is 5.91 Å². The Morgan fingerprint density at radius 1 is 1.09 bits per heavy atom. The fourth-order valence-corrected chi connectivity index (χ4v) is 4.41. The van der Waals surface area contributed by atoms with Crippen LogP contribution in [0, 0.1) is 6.92 Å². The van der Waals surface area contributed by atoms with Crippen LogP contribution in [0.5, 0.6) is 0 Å². The minimum absolute atomic E-state index is 0.295. The lowest BCUT2D eigenvalue weighted by atomic mass is 10.1. The van der Waals surface area contributed by atoms with Crippen molar-refractivity contribution < 1.29 is 9.59 Å². The van der Waals surface area contributed by atoms with E-state index in [9.17, 15) is 9.59 Å². The van der Waals surface area contributed by atoms with Crippen LogP contribution in [0.2, 0.25) is 0 Å². The van der Waals surface area contributed by atoms with E-state index in [0.717, 1.165) is 11.3 Å². The molecule has 4 aromatic heterocycles. The summed E-state index contributed by atoms with van der Waals surface area (Å²) in [5, 5.41) is 10.3. The molecule has 0 saturated carbocycles. The van der Waals surface area contributed by atoms with Gasteiger partial charge in [-0.15, -0.1) is 11.3 Å². The highest BCUT2D eigenvalue weighted by Gasteiger charge is 2.20. The van der Waals surface area contributed by atoms with Crippen LogP contribution >= 0.6 is 11.3 Å². The van der Waals surface area contributed by atoms with E-state index in [-0.39, 0.29) is 5.91 Å². The van der Waals surface area contributed by atoms with Crippen molar-refractivity contribution in [2.24, 2.45) is 12.8 Å². The average Bonchev–Trinajstić information content (AvgIpc) is 3.53. The molecule has 0 aliphatic heterocycles. The molecule has 0 saturated heterocycles. The number of aryl methyl sites for hydroxylation is 2. The maximum atomic E-state index is 13.3. The van der Waals surface area contributed by atoms with Crippen LogP contribution in [0.15, 0.2) is 54.0 Å². The summed E-state index contributed by atoms with van der Waals surface area (Å²) in [7, 11) is 1.81. The van der Waals surface area contributed by atoms with Gasteiger partial charge in [0.25, 0.3) is 11.8 Å². The van der Waals surface area contributed by atoms with Gasteiger partial charge in [0.1, 0.15) is 5.69 Å². The summed E-state index contributed by atoms with van der Waals surface area (Å²) >= 11 is 1.29. The predicted molar refractivity (Wildman–Crippen MR) is 127 cm³/mol. The second kappa shape index (κ2) is 7.99. The smallest absolute Gasteiger partial charge is 0.265 e. The predicted octanol–water partition coefficient (Wildman–Crippen LogP) is 3.75. The highest BCUT2D eigenvalue weighted by Crippen LogP contribution is 2.29. The Morgan fingerprint density at radius 2 is 1.88 bits per heavy atom. The monoisotopic (exact) mass is 457 g/mol. The summed E-state index contributed by atoms with van der Waals surface area (Å²) in [6.45, 7) is 1.85. The van der Waals surface area contributed by atoms with Crippen LogP contribution in [-0.4, -0.2) is 36.5 Å². The third kappa shape index (κ3) is 3.76. The Kier molecular flexibility index (Phi) is 4.98. The number of pyridine rings is 1. The van der Waals surface area contributed by atoms with Gasteiger partial charge in [-0.3, -0.25) is 19.6 Å². The van der Waals surface area contributed by atoms with Gasteiger partial charge in [-0.05, 0) is 19.1 Å². The first-order chi connectivity index (χ1) is 15.9. The van der Waals surface area contributed by atoms with Gasteiger partial charge in [-0.2, -0.15) is 5.10 Å². The van der Waals surface area contributed by atoms with E-state index in [0.29, 0.717) is 44.4 Å². The van der Waals surface area contributed by atoms with Gasteiger partial charge in [0.05, 0.1) is 28.0 Å². The standard InChI is InChI=1S/C23H19N7O2S/c1-12-19-15(9-16(13-6-4-3-5-7-13)26-21(19)30(2)29-12)22(32)28-23-27-18(11-33-23)14-8-17(20(24)31)25-10-14/h3-11,25H,1-2H3,(H2,24,31)(H,27,28,32). The lowest BCUT2D eigenvalue weighted by molar-refractivity contribution is 0.0994. The number of nitrogens with two attached hydrogens (primary N) is 1. The summed E-state index contributed by atoms with van der Waals surface area (Å²) in [5.74, 6) is -0.851. The van der Waals surface area contributed by atoms with Crippen LogP contribution in [-0.2, 0) is 7.05 Å². The number of carbonyl (C=O) groups excluding carboxylic acids is 2. The van der Waals surface area contributed by atoms with E-state index >= 15 is 0 Å². The van der Waals surface area contributed by atoms with Gasteiger partial charge in [-0.25, -0.2) is 9.97 Å². The fraction of sp³-hybridized carbons (Fsp3) is 0.0870. The van der Waals surface area contributed by atoms with Crippen LogP contribution in [0.25, 0.3) is 33.5 Å². The fourth-order valence-electron chi connectivity index (χ4n) is 3.69. The molecular weight excluding hydrogens is 438 g/mol. The average molecular weight is 458 g/mol. The van der Waals surface area contributed by atoms with Crippen LogP contribution in [0.3, 0.4) is 0 Å². The number of nitrogens with one attached hydrogen (secondary N) is 2. The first kappa shape index (κ1) is 20.6. The van der Waals surface area contributed by atoms with E-state index in [4.69, 9.17) is 10.7 Å². The Balaban J connectivity index is 1.51. The molecule has 2 amide bonds. The van der Waals surface area contributed by atoms with Crippen molar-refractivity contribution in [3.05, 3.63) is 71.0 Å². The zero-order chi connectivity index (χ0) is 23.1. The summed E-state index contributed by atoms with van der Waals surface area (Å²) in [6.07, 6.45) is 1.65. The van der Waals surface area contributed by atoms with Gasteiger partial charge in [0.2, 0.25) is 0 Å². The van der Waals surface area contributed by atoms with E-state index in [1.165, 1.54) is 11.3 Å². The molecule has 0 unspecified atom stereocenters.